The Bertz CT molecular complexity index is 1820. The number of ketones is 1. The summed E-state index contributed by atoms with van der Waals surface area (Å²) in [7, 11) is -3.55. The summed E-state index contributed by atoms with van der Waals surface area (Å²) in [5.41, 5.74) is 8.95. The van der Waals surface area contributed by atoms with Gasteiger partial charge in [-0.3, -0.25) is 4.79 Å². The van der Waals surface area contributed by atoms with Gasteiger partial charge in [0.05, 0.1) is 29.4 Å². The van der Waals surface area contributed by atoms with Crippen LogP contribution in [0.3, 0.4) is 0 Å². The third kappa shape index (κ3) is 5.94. The number of halogens is 3. The summed E-state index contributed by atoms with van der Waals surface area (Å²) < 4.78 is 75.0. The van der Waals surface area contributed by atoms with Gasteiger partial charge in [0.1, 0.15) is 11.6 Å². The van der Waals surface area contributed by atoms with E-state index in [0.717, 1.165) is 6.26 Å². The molecule has 0 aliphatic heterocycles. The second-order valence-electron chi connectivity index (χ2n) is 9.48. The SMILES string of the molecule is Cc1cc(Oc2ccccc2F)ncc1-n1ncc(C(=O)C2=Cc3cc(OC(F)F)c(CS(C)(=O)=O)cc3C2)c1N. The average Bonchev–Trinajstić information content (AvgIpc) is 3.47. The summed E-state index contributed by atoms with van der Waals surface area (Å²) in [6, 6.07) is 10.2. The van der Waals surface area contributed by atoms with Crippen LogP contribution in [0.25, 0.3) is 11.8 Å². The fourth-order valence-corrected chi connectivity index (χ4v) is 5.30. The second-order valence-corrected chi connectivity index (χ2v) is 11.6. The average molecular weight is 585 g/mol. The first kappa shape index (κ1) is 27.9. The van der Waals surface area contributed by atoms with Crippen molar-refractivity contribution < 1.29 is 35.9 Å². The van der Waals surface area contributed by atoms with E-state index in [1.807, 2.05) is 0 Å². The zero-order chi connectivity index (χ0) is 29.5. The zero-order valence-electron chi connectivity index (χ0n) is 21.8. The van der Waals surface area contributed by atoms with Crippen LogP contribution in [0.5, 0.6) is 17.4 Å². The van der Waals surface area contributed by atoms with Gasteiger partial charge in [-0.2, -0.15) is 13.9 Å². The van der Waals surface area contributed by atoms with Crippen molar-refractivity contribution in [3.8, 4) is 23.1 Å². The van der Waals surface area contributed by atoms with Crippen LogP contribution in [0.2, 0.25) is 0 Å². The van der Waals surface area contributed by atoms with Crippen LogP contribution in [0, 0.1) is 12.7 Å². The van der Waals surface area contributed by atoms with E-state index >= 15 is 0 Å². The topological polar surface area (TPSA) is 126 Å². The van der Waals surface area contributed by atoms with E-state index in [2.05, 4.69) is 14.8 Å². The number of sulfone groups is 1. The second kappa shape index (κ2) is 10.7. The van der Waals surface area contributed by atoms with Crippen molar-refractivity contribution in [3.05, 3.63) is 94.1 Å². The first-order chi connectivity index (χ1) is 19.4. The summed E-state index contributed by atoms with van der Waals surface area (Å²) in [4.78, 5) is 17.6. The molecule has 0 saturated heterocycles. The Morgan fingerprint density at radius 2 is 1.90 bits per heavy atom. The van der Waals surface area contributed by atoms with Crippen LogP contribution in [0.4, 0.5) is 19.0 Å². The van der Waals surface area contributed by atoms with E-state index in [4.69, 9.17) is 10.5 Å². The maximum atomic E-state index is 13.9. The minimum Gasteiger partial charge on any atom is -0.436 e. The molecule has 0 saturated carbocycles. The summed E-state index contributed by atoms with van der Waals surface area (Å²) in [6.07, 6.45) is 5.39. The van der Waals surface area contributed by atoms with E-state index in [1.165, 1.54) is 47.4 Å². The molecular formula is C28H23F3N4O5S. The summed E-state index contributed by atoms with van der Waals surface area (Å²) in [5, 5.41) is 4.25. The van der Waals surface area contributed by atoms with Crippen molar-refractivity contribution in [1.29, 1.82) is 0 Å². The van der Waals surface area contributed by atoms with Crippen LogP contribution < -0.4 is 15.2 Å². The molecule has 2 heterocycles. The molecule has 4 aromatic rings. The number of aromatic nitrogens is 3. The number of hydrogen-bond donors (Lipinski definition) is 1. The molecule has 1 aliphatic carbocycles. The first-order valence-electron chi connectivity index (χ1n) is 12.2. The van der Waals surface area contributed by atoms with E-state index in [9.17, 15) is 26.4 Å². The number of nitrogen functional groups attached to an aromatic ring is 1. The number of anilines is 1. The van der Waals surface area contributed by atoms with Gasteiger partial charge in [0.15, 0.2) is 27.2 Å². The van der Waals surface area contributed by atoms with E-state index in [0.29, 0.717) is 28.0 Å². The van der Waals surface area contributed by atoms with Crippen molar-refractivity contribution >= 4 is 27.5 Å². The summed E-state index contributed by atoms with van der Waals surface area (Å²) in [6.45, 7) is -1.40. The number of benzene rings is 2. The largest absolute Gasteiger partial charge is 0.436 e. The van der Waals surface area contributed by atoms with Crippen LogP contribution in [0.1, 0.15) is 32.6 Å². The molecule has 2 aromatic carbocycles. The fraction of sp³-hybridized carbons (Fsp3) is 0.179. The number of carbonyl (C=O) groups is 1. The van der Waals surface area contributed by atoms with Crippen LogP contribution in [-0.4, -0.2) is 41.8 Å². The number of para-hydroxylation sites is 1. The van der Waals surface area contributed by atoms with E-state index < -0.39 is 33.8 Å². The third-order valence-corrected chi connectivity index (χ3v) is 7.18. The van der Waals surface area contributed by atoms with Gasteiger partial charge < -0.3 is 15.2 Å². The Balaban J connectivity index is 1.40. The van der Waals surface area contributed by atoms with Gasteiger partial charge in [0.2, 0.25) is 5.88 Å². The number of carbonyl (C=O) groups excluding carboxylic acids is 1. The molecule has 1 aliphatic rings. The number of allylic oxidation sites excluding steroid dienone is 1. The van der Waals surface area contributed by atoms with Crippen LogP contribution >= 0.6 is 0 Å². The number of pyridine rings is 1. The lowest BCUT2D eigenvalue weighted by molar-refractivity contribution is -0.0503. The number of fused-ring (bicyclic) bond motifs is 1. The van der Waals surface area contributed by atoms with Crippen molar-refractivity contribution in [3.63, 3.8) is 0 Å². The first-order valence-corrected chi connectivity index (χ1v) is 14.2. The van der Waals surface area contributed by atoms with Gasteiger partial charge in [0, 0.05) is 29.9 Å². The molecule has 2 aromatic heterocycles. The number of alkyl halides is 2. The van der Waals surface area contributed by atoms with Crippen molar-refractivity contribution in [2.75, 3.05) is 12.0 Å². The van der Waals surface area contributed by atoms with Gasteiger partial charge in [-0.05, 0) is 47.9 Å². The molecule has 2 N–H and O–H groups in total. The highest BCUT2D eigenvalue weighted by molar-refractivity contribution is 7.89. The standard InChI is InChI=1S/C28H23F3N4O5S/c1-15-7-25(39-23-6-4-3-5-21(23)29)33-13-22(15)35-27(32)20(12-34-35)26(36)18-8-16-10-19(14-41(2,37)38)24(40-28(30)31)11-17(16)9-18/h3-7,9-13,28H,8,14,32H2,1-2H3. The number of aryl methyl sites for hydroxylation is 1. The monoisotopic (exact) mass is 584 g/mol. The number of rotatable bonds is 9. The third-order valence-electron chi connectivity index (χ3n) is 6.35. The summed E-state index contributed by atoms with van der Waals surface area (Å²) in [5.74, 6) is -1.54. The van der Waals surface area contributed by atoms with Gasteiger partial charge in [-0.15, -0.1) is 0 Å². The molecule has 5 rings (SSSR count). The summed E-state index contributed by atoms with van der Waals surface area (Å²) >= 11 is 0. The number of hydrogen-bond acceptors (Lipinski definition) is 8. The zero-order valence-corrected chi connectivity index (χ0v) is 22.6. The number of ether oxygens (including phenoxy) is 2. The van der Waals surface area contributed by atoms with Gasteiger partial charge >= 0.3 is 6.61 Å². The maximum absolute atomic E-state index is 13.9. The number of nitrogens with zero attached hydrogens (tertiary/aromatic N) is 3. The van der Waals surface area contributed by atoms with Crippen LogP contribution in [-0.2, 0) is 22.0 Å². The fourth-order valence-electron chi connectivity index (χ4n) is 4.51. The molecule has 0 fully saturated rings. The van der Waals surface area contributed by atoms with Gasteiger partial charge in [-0.25, -0.2) is 22.5 Å². The minimum atomic E-state index is -3.55. The van der Waals surface area contributed by atoms with Gasteiger partial charge in [-0.1, -0.05) is 18.2 Å². The molecule has 0 unspecified atom stereocenters. The molecule has 0 spiro atoms. The van der Waals surface area contributed by atoms with Crippen molar-refractivity contribution in [2.24, 2.45) is 0 Å². The molecule has 13 heteroatoms. The lowest BCUT2D eigenvalue weighted by atomic mass is 10.0. The lowest BCUT2D eigenvalue weighted by Crippen LogP contribution is -2.10. The molecule has 212 valence electrons. The molecular weight excluding hydrogens is 561 g/mol. The highest BCUT2D eigenvalue weighted by atomic mass is 32.2. The van der Waals surface area contributed by atoms with Crippen molar-refractivity contribution in [2.45, 2.75) is 25.7 Å². The number of Topliss-reactive ketones (excluding diaryl/α,β-unsaturated/α-hetero) is 1. The Morgan fingerprint density at radius 1 is 1.15 bits per heavy atom. The number of nitrogens with two attached hydrogens (primary N) is 1. The highest BCUT2D eigenvalue weighted by Gasteiger charge is 2.27. The minimum absolute atomic E-state index is 0.0146. The smallest absolute Gasteiger partial charge is 0.387 e. The lowest BCUT2D eigenvalue weighted by Gasteiger charge is -2.12. The molecule has 9 nitrogen and oxygen atoms in total. The Labute approximate surface area is 233 Å². The Hall–Kier alpha value is -4.65. The quantitative estimate of drug-likeness (QED) is 0.271. The molecule has 41 heavy (non-hydrogen) atoms. The van der Waals surface area contributed by atoms with Crippen LogP contribution in [0.15, 0.2) is 60.4 Å². The molecule has 0 radical (unpaired) electrons. The molecule has 0 atom stereocenters. The maximum Gasteiger partial charge on any atom is 0.387 e. The highest BCUT2D eigenvalue weighted by Crippen LogP contribution is 2.35. The van der Waals surface area contributed by atoms with E-state index in [-0.39, 0.29) is 40.7 Å². The van der Waals surface area contributed by atoms with E-state index in [1.54, 1.807) is 25.1 Å². The Kier molecular flexibility index (Phi) is 7.30. The molecule has 0 amide bonds. The predicted molar refractivity (Wildman–Crippen MR) is 145 cm³/mol. The van der Waals surface area contributed by atoms with Gasteiger partial charge in [0.25, 0.3) is 0 Å². The normalized spacial score (nSPS) is 12.8. The van der Waals surface area contributed by atoms with Crippen molar-refractivity contribution in [1.82, 2.24) is 14.8 Å². The predicted octanol–water partition coefficient (Wildman–Crippen LogP) is 5.06. The Morgan fingerprint density at radius 3 is 2.59 bits per heavy atom. The molecule has 0 bridgehead atoms.